The zero-order chi connectivity index (χ0) is 6.53. The van der Waals surface area contributed by atoms with E-state index in [1.807, 2.05) is 0 Å². The summed E-state index contributed by atoms with van der Waals surface area (Å²) in [5, 5.41) is 3.27. The number of nitrogens with zero attached hydrogens (tertiary/aromatic N) is 1. The highest BCUT2D eigenvalue weighted by molar-refractivity contribution is 4.82. The van der Waals surface area contributed by atoms with Gasteiger partial charge in [0.05, 0.1) is 0 Å². The molecular formula is C7H14N2. The standard InChI is InChI=1S/C7H14N2/c1-2-3-5-9-6-4-8-7-9/h2-3,8H,4-7H2,1H3. The van der Waals surface area contributed by atoms with Crippen molar-refractivity contribution in [2.24, 2.45) is 0 Å². The first-order valence-corrected chi connectivity index (χ1v) is 3.47. The second-order valence-corrected chi connectivity index (χ2v) is 2.30. The molecule has 1 heterocycles. The Bertz CT molecular complexity index is 93.1. The Labute approximate surface area is 56.5 Å². The van der Waals surface area contributed by atoms with E-state index in [1.165, 1.54) is 6.54 Å². The summed E-state index contributed by atoms with van der Waals surface area (Å²) in [5.74, 6) is 0. The molecule has 2 heteroatoms. The van der Waals surface area contributed by atoms with E-state index in [2.05, 4.69) is 29.3 Å². The molecule has 0 radical (unpaired) electrons. The lowest BCUT2D eigenvalue weighted by atomic mass is 10.5. The van der Waals surface area contributed by atoms with Crippen molar-refractivity contribution in [3.05, 3.63) is 12.2 Å². The van der Waals surface area contributed by atoms with Gasteiger partial charge < -0.3 is 5.32 Å². The topological polar surface area (TPSA) is 15.3 Å². The van der Waals surface area contributed by atoms with E-state index in [-0.39, 0.29) is 0 Å². The summed E-state index contributed by atoms with van der Waals surface area (Å²) in [6.07, 6.45) is 4.28. The average molecular weight is 126 g/mol. The van der Waals surface area contributed by atoms with E-state index in [0.29, 0.717) is 0 Å². The van der Waals surface area contributed by atoms with Crippen LogP contribution in [0, 0.1) is 0 Å². The fourth-order valence-electron chi connectivity index (χ4n) is 0.964. The van der Waals surface area contributed by atoms with Crippen LogP contribution >= 0.6 is 0 Å². The SMILES string of the molecule is CC=CCN1CCNC1. The maximum absolute atomic E-state index is 3.27. The van der Waals surface area contributed by atoms with Crippen LogP contribution in [0.2, 0.25) is 0 Å². The van der Waals surface area contributed by atoms with E-state index >= 15 is 0 Å². The first-order valence-electron chi connectivity index (χ1n) is 3.47. The van der Waals surface area contributed by atoms with Crippen LogP contribution in [0.5, 0.6) is 0 Å². The number of rotatable bonds is 2. The molecule has 1 fully saturated rings. The zero-order valence-corrected chi connectivity index (χ0v) is 5.93. The highest BCUT2D eigenvalue weighted by Gasteiger charge is 2.06. The van der Waals surface area contributed by atoms with Crippen LogP contribution in [0.25, 0.3) is 0 Å². The molecular weight excluding hydrogens is 112 g/mol. The first kappa shape index (κ1) is 6.78. The third kappa shape index (κ3) is 2.16. The van der Waals surface area contributed by atoms with Crippen molar-refractivity contribution in [3.63, 3.8) is 0 Å². The molecule has 0 amide bonds. The summed E-state index contributed by atoms with van der Waals surface area (Å²) in [7, 11) is 0. The van der Waals surface area contributed by atoms with Gasteiger partial charge in [0.15, 0.2) is 0 Å². The Balaban J connectivity index is 2.11. The lowest BCUT2D eigenvalue weighted by molar-refractivity contribution is 0.372. The van der Waals surface area contributed by atoms with Crippen molar-refractivity contribution in [2.45, 2.75) is 6.92 Å². The molecule has 0 aromatic rings. The lowest BCUT2D eigenvalue weighted by Gasteiger charge is -2.08. The van der Waals surface area contributed by atoms with Gasteiger partial charge >= 0.3 is 0 Å². The van der Waals surface area contributed by atoms with Gasteiger partial charge in [0.2, 0.25) is 0 Å². The minimum atomic E-state index is 1.06. The Kier molecular flexibility index (Phi) is 2.74. The average Bonchev–Trinajstić information content (AvgIpc) is 2.34. The third-order valence-corrected chi connectivity index (χ3v) is 1.54. The van der Waals surface area contributed by atoms with Crippen molar-refractivity contribution in [1.82, 2.24) is 10.2 Å². The van der Waals surface area contributed by atoms with Crippen molar-refractivity contribution in [3.8, 4) is 0 Å². The first-order chi connectivity index (χ1) is 4.43. The van der Waals surface area contributed by atoms with E-state index in [4.69, 9.17) is 0 Å². The van der Waals surface area contributed by atoms with Gasteiger partial charge in [0, 0.05) is 26.3 Å². The molecule has 0 saturated carbocycles. The highest BCUT2D eigenvalue weighted by atomic mass is 15.3. The molecule has 0 spiro atoms. The normalized spacial score (nSPS) is 21.9. The third-order valence-electron chi connectivity index (χ3n) is 1.54. The Morgan fingerprint density at radius 1 is 1.67 bits per heavy atom. The summed E-state index contributed by atoms with van der Waals surface area (Å²) in [5.41, 5.74) is 0. The predicted molar refractivity (Wildman–Crippen MR) is 39.3 cm³/mol. The number of nitrogens with one attached hydrogen (secondary N) is 1. The van der Waals surface area contributed by atoms with E-state index in [1.54, 1.807) is 0 Å². The van der Waals surface area contributed by atoms with E-state index < -0.39 is 0 Å². The summed E-state index contributed by atoms with van der Waals surface area (Å²) < 4.78 is 0. The van der Waals surface area contributed by atoms with Crippen LogP contribution in [-0.2, 0) is 0 Å². The van der Waals surface area contributed by atoms with Crippen LogP contribution < -0.4 is 5.32 Å². The maximum Gasteiger partial charge on any atom is 0.0484 e. The number of hydrogen-bond donors (Lipinski definition) is 1. The Morgan fingerprint density at radius 3 is 3.11 bits per heavy atom. The monoisotopic (exact) mass is 126 g/mol. The molecule has 52 valence electrons. The van der Waals surface area contributed by atoms with Gasteiger partial charge in [-0.1, -0.05) is 12.2 Å². The molecule has 1 aliphatic rings. The van der Waals surface area contributed by atoms with Crippen molar-refractivity contribution in [2.75, 3.05) is 26.3 Å². The second-order valence-electron chi connectivity index (χ2n) is 2.30. The molecule has 1 saturated heterocycles. The van der Waals surface area contributed by atoms with Crippen LogP contribution in [0.1, 0.15) is 6.92 Å². The van der Waals surface area contributed by atoms with Gasteiger partial charge in [0.1, 0.15) is 0 Å². The molecule has 0 aromatic heterocycles. The van der Waals surface area contributed by atoms with Crippen LogP contribution in [0.3, 0.4) is 0 Å². The van der Waals surface area contributed by atoms with Crippen molar-refractivity contribution < 1.29 is 0 Å². The minimum Gasteiger partial charge on any atom is -0.303 e. The molecule has 1 aliphatic heterocycles. The molecule has 0 aromatic carbocycles. The largest absolute Gasteiger partial charge is 0.303 e. The quantitative estimate of drug-likeness (QED) is 0.540. The number of allylic oxidation sites excluding steroid dienone is 1. The highest BCUT2D eigenvalue weighted by Crippen LogP contribution is 1.91. The number of hydrogen-bond acceptors (Lipinski definition) is 2. The van der Waals surface area contributed by atoms with Crippen LogP contribution in [0.4, 0.5) is 0 Å². The molecule has 9 heavy (non-hydrogen) atoms. The minimum absolute atomic E-state index is 1.06. The maximum atomic E-state index is 3.27. The van der Waals surface area contributed by atoms with Crippen molar-refractivity contribution >= 4 is 0 Å². The summed E-state index contributed by atoms with van der Waals surface area (Å²) in [6, 6.07) is 0. The molecule has 0 aliphatic carbocycles. The van der Waals surface area contributed by atoms with Crippen molar-refractivity contribution in [1.29, 1.82) is 0 Å². The zero-order valence-electron chi connectivity index (χ0n) is 5.93. The molecule has 1 N–H and O–H groups in total. The van der Waals surface area contributed by atoms with Crippen LogP contribution in [0.15, 0.2) is 12.2 Å². The van der Waals surface area contributed by atoms with E-state index in [0.717, 1.165) is 19.8 Å². The Morgan fingerprint density at radius 2 is 2.56 bits per heavy atom. The summed E-state index contributed by atoms with van der Waals surface area (Å²) in [4.78, 5) is 2.38. The fourth-order valence-corrected chi connectivity index (χ4v) is 0.964. The van der Waals surface area contributed by atoms with Gasteiger partial charge in [-0.15, -0.1) is 0 Å². The lowest BCUT2D eigenvalue weighted by Crippen LogP contribution is -2.21. The molecule has 0 atom stereocenters. The van der Waals surface area contributed by atoms with Gasteiger partial charge in [-0.3, -0.25) is 4.90 Å². The smallest absolute Gasteiger partial charge is 0.0484 e. The summed E-state index contributed by atoms with van der Waals surface area (Å²) >= 11 is 0. The van der Waals surface area contributed by atoms with Gasteiger partial charge in [-0.25, -0.2) is 0 Å². The van der Waals surface area contributed by atoms with Crippen LogP contribution in [-0.4, -0.2) is 31.2 Å². The van der Waals surface area contributed by atoms with Gasteiger partial charge in [-0.05, 0) is 6.92 Å². The fraction of sp³-hybridized carbons (Fsp3) is 0.714. The molecule has 0 unspecified atom stereocenters. The van der Waals surface area contributed by atoms with Gasteiger partial charge in [-0.2, -0.15) is 0 Å². The second kappa shape index (κ2) is 3.64. The molecule has 2 nitrogen and oxygen atoms in total. The van der Waals surface area contributed by atoms with Gasteiger partial charge in [0.25, 0.3) is 0 Å². The molecule has 1 rings (SSSR count). The van der Waals surface area contributed by atoms with E-state index in [9.17, 15) is 0 Å². The summed E-state index contributed by atoms with van der Waals surface area (Å²) in [6.45, 7) is 6.57. The Hall–Kier alpha value is -0.340. The molecule has 0 bridgehead atoms. The predicted octanol–water partition coefficient (Wildman–Crippen LogP) is 0.425.